The number of thiazole rings is 1. The van der Waals surface area contributed by atoms with Crippen LogP contribution in [-0.2, 0) is 9.59 Å². The predicted molar refractivity (Wildman–Crippen MR) is 95.8 cm³/mol. The number of nitrogens with one attached hydrogen (secondary N) is 1. The first-order valence-corrected chi connectivity index (χ1v) is 9.38. The van der Waals surface area contributed by atoms with Crippen LogP contribution >= 0.6 is 11.3 Å². The molecule has 3 N–H and O–H groups in total. The second kappa shape index (κ2) is 7.75. The van der Waals surface area contributed by atoms with Crippen LogP contribution in [0.15, 0.2) is 24.3 Å². The highest BCUT2D eigenvalue weighted by molar-refractivity contribution is 7.18. The smallest absolute Gasteiger partial charge is 0.223 e. The Kier molecular flexibility index (Phi) is 5.45. The Hall–Kier alpha value is -1.95. The highest BCUT2D eigenvalue weighted by Crippen LogP contribution is 2.40. The third-order valence-corrected chi connectivity index (χ3v) is 5.80. The molecule has 0 spiro atoms. The second-order valence-corrected chi connectivity index (χ2v) is 7.44. The van der Waals surface area contributed by atoms with E-state index in [1.54, 1.807) is 11.3 Å². The van der Waals surface area contributed by atoms with Crippen LogP contribution in [0.5, 0.6) is 0 Å². The number of amides is 2. The molecule has 24 heavy (non-hydrogen) atoms. The standard InChI is InChI=1S/C18H23N3O2S/c19-16(22)10-5-11-20-17(23)12-6-1-2-7-13(12)18-21-14-8-3-4-9-15(14)24-18/h3-4,8-9,12-13H,1-2,5-7,10-11H2,(H2,19,22)(H,20,23)/t12-,13+/m0/s1. The number of hydrogen-bond donors (Lipinski definition) is 2. The maximum absolute atomic E-state index is 12.6. The molecule has 2 amide bonds. The lowest BCUT2D eigenvalue weighted by Crippen LogP contribution is -2.36. The van der Waals surface area contributed by atoms with E-state index in [1.165, 1.54) is 4.70 Å². The molecule has 0 saturated heterocycles. The van der Waals surface area contributed by atoms with Gasteiger partial charge < -0.3 is 11.1 Å². The Morgan fingerprint density at radius 1 is 1.25 bits per heavy atom. The third-order valence-electron chi connectivity index (χ3n) is 4.63. The summed E-state index contributed by atoms with van der Waals surface area (Å²) in [7, 11) is 0. The maximum Gasteiger partial charge on any atom is 0.223 e. The monoisotopic (exact) mass is 345 g/mol. The molecule has 1 aromatic carbocycles. The van der Waals surface area contributed by atoms with Crippen molar-refractivity contribution in [1.29, 1.82) is 0 Å². The molecule has 2 atom stereocenters. The minimum Gasteiger partial charge on any atom is -0.370 e. The van der Waals surface area contributed by atoms with E-state index in [9.17, 15) is 9.59 Å². The van der Waals surface area contributed by atoms with Crippen LogP contribution in [0.4, 0.5) is 0 Å². The number of fused-ring (bicyclic) bond motifs is 1. The van der Waals surface area contributed by atoms with E-state index in [0.29, 0.717) is 19.4 Å². The van der Waals surface area contributed by atoms with E-state index in [2.05, 4.69) is 11.4 Å². The van der Waals surface area contributed by atoms with Gasteiger partial charge in [0.25, 0.3) is 0 Å². The van der Waals surface area contributed by atoms with Crippen molar-refractivity contribution in [2.45, 2.75) is 44.4 Å². The van der Waals surface area contributed by atoms with Gasteiger partial charge in [0.2, 0.25) is 11.8 Å². The zero-order chi connectivity index (χ0) is 16.9. The van der Waals surface area contributed by atoms with Crippen LogP contribution in [0.2, 0.25) is 0 Å². The van der Waals surface area contributed by atoms with Crippen LogP contribution in [-0.4, -0.2) is 23.3 Å². The first kappa shape index (κ1) is 16.9. The molecule has 0 radical (unpaired) electrons. The normalized spacial score (nSPS) is 20.8. The molecule has 1 aliphatic rings. The first-order valence-electron chi connectivity index (χ1n) is 8.56. The number of benzene rings is 1. The first-order chi connectivity index (χ1) is 11.6. The highest BCUT2D eigenvalue weighted by Gasteiger charge is 2.33. The molecular formula is C18H23N3O2S. The average Bonchev–Trinajstić information content (AvgIpc) is 3.02. The topological polar surface area (TPSA) is 85.1 Å². The van der Waals surface area contributed by atoms with Gasteiger partial charge in [-0.2, -0.15) is 0 Å². The molecule has 0 bridgehead atoms. The van der Waals surface area contributed by atoms with Gasteiger partial charge in [0.1, 0.15) is 0 Å². The van der Waals surface area contributed by atoms with Crippen molar-refractivity contribution < 1.29 is 9.59 Å². The van der Waals surface area contributed by atoms with Crippen molar-refractivity contribution in [2.24, 2.45) is 11.7 Å². The van der Waals surface area contributed by atoms with E-state index < -0.39 is 0 Å². The molecule has 1 heterocycles. The Bertz CT molecular complexity index is 695. The number of primary amides is 1. The van der Waals surface area contributed by atoms with Gasteiger partial charge in [0.15, 0.2) is 0 Å². The number of nitrogens with zero attached hydrogens (tertiary/aromatic N) is 1. The van der Waals surface area contributed by atoms with Gasteiger partial charge in [-0.1, -0.05) is 25.0 Å². The van der Waals surface area contributed by atoms with Gasteiger partial charge in [0, 0.05) is 24.8 Å². The lowest BCUT2D eigenvalue weighted by atomic mass is 9.79. The Labute approximate surface area is 145 Å². The summed E-state index contributed by atoms with van der Waals surface area (Å²) in [4.78, 5) is 28.1. The van der Waals surface area contributed by atoms with Crippen molar-refractivity contribution in [1.82, 2.24) is 10.3 Å². The molecule has 1 saturated carbocycles. The van der Waals surface area contributed by atoms with E-state index in [4.69, 9.17) is 10.7 Å². The maximum atomic E-state index is 12.6. The van der Waals surface area contributed by atoms with Crippen LogP contribution in [0.3, 0.4) is 0 Å². The lowest BCUT2D eigenvalue weighted by Gasteiger charge is -2.29. The molecule has 0 aliphatic heterocycles. The zero-order valence-electron chi connectivity index (χ0n) is 13.7. The highest BCUT2D eigenvalue weighted by atomic mass is 32.1. The van der Waals surface area contributed by atoms with Crippen LogP contribution in [0.1, 0.15) is 49.5 Å². The van der Waals surface area contributed by atoms with Gasteiger partial charge >= 0.3 is 0 Å². The summed E-state index contributed by atoms with van der Waals surface area (Å²) >= 11 is 1.70. The number of para-hydroxylation sites is 1. The van der Waals surface area contributed by atoms with Crippen LogP contribution in [0, 0.1) is 5.92 Å². The van der Waals surface area contributed by atoms with Crippen molar-refractivity contribution in [2.75, 3.05) is 6.54 Å². The van der Waals surface area contributed by atoms with Gasteiger partial charge in [-0.3, -0.25) is 9.59 Å². The molecule has 1 aliphatic carbocycles. The summed E-state index contributed by atoms with van der Waals surface area (Å²) in [6.45, 7) is 0.505. The SMILES string of the molecule is NC(=O)CCCNC(=O)[C@H]1CCCC[C@H]1c1nc2ccccc2s1. The van der Waals surface area contributed by atoms with Crippen molar-refractivity contribution in [3.05, 3.63) is 29.3 Å². The number of carbonyl (C=O) groups is 2. The van der Waals surface area contributed by atoms with E-state index in [1.807, 2.05) is 18.2 Å². The minimum atomic E-state index is -0.325. The fourth-order valence-electron chi connectivity index (χ4n) is 3.39. The number of aromatic nitrogens is 1. The Morgan fingerprint density at radius 2 is 2.04 bits per heavy atom. The summed E-state index contributed by atoms with van der Waals surface area (Å²) in [5.41, 5.74) is 6.15. The summed E-state index contributed by atoms with van der Waals surface area (Å²) in [6, 6.07) is 8.12. The number of nitrogens with two attached hydrogens (primary N) is 1. The number of rotatable bonds is 6. The Morgan fingerprint density at radius 3 is 2.83 bits per heavy atom. The van der Waals surface area contributed by atoms with Crippen molar-refractivity contribution in [3.63, 3.8) is 0 Å². The fraction of sp³-hybridized carbons (Fsp3) is 0.500. The summed E-state index contributed by atoms with van der Waals surface area (Å²) in [6.07, 6.45) is 5.06. The van der Waals surface area contributed by atoms with Crippen molar-refractivity contribution >= 4 is 33.4 Å². The molecule has 1 fully saturated rings. The third kappa shape index (κ3) is 3.93. The Balaban J connectivity index is 1.68. The van der Waals surface area contributed by atoms with E-state index in [-0.39, 0.29) is 23.7 Å². The number of carbonyl (C=O) groups excluding carboxylic acids is 2. The molecular weight excluding hydrogens is 322 g/mol. The largest absolute Gasteiger partial charge is 0.370 e. The van der Waals surface area contributed by atoms with Crippen LogP contribution in [0.25, 0.3) is 10.2 Å². The summed E-state index contributed by atoms with van der Waals surface area (Å²) in [5.74, 6) is -0.0575. The van der Waals surface area contributed by atoms with Crippen LogP contribution < -0.4 is 11.1 Å². The predicted octanol–water partition coefficient (Wildman–Crippen LogP) is 2.95. The fourth-order valence-corrected chi connectivity index (χ4v) is 4.56. The molecule has 5 nitrogen and oxygen atoms in total. The summed E-state index contributed by atoms with van der Waals surface area (Å²) in [5, 5.41) is 4.05. The molecule has 128 valence electrons. The van der Waals surface area contributed by atoms with Gasteiger partial charge in [-0.25, -0.2) is 4.98 Å². The van der Waals surface area contributed by atoms with Crippen molar-refractivity contribution in [3.8, 4) is 0 Å². The average molecular weight is 345 g/mol. The van der Waals surface area contributed by atoms with Gasteiger partial charge in [-0.05, 0) is 31.4 Å². The number of hydrogen-bond acceptors (Lipinski definition) is 4. The molecule has 0 unspecified atom stereocenters. The lowest BCUT2D eigenvalue weighted by molar-refractivity contribution is -0.126. The zero-order valence-corrected chi connectivity index (χ0v) is 14.5. The second-order valence-electron chi connectivity index (χ2n) is 6.38. The van der Waals surface area contributed by atoms with E-state index >= 15 is 0 Å². The minimum absolute atomic E-state index is 0.0205. The molecule has 1 aromatic heterocycles. The quantitative estimate of drug-likeness (QED) is 0.789. The van der Waals surface area contributed by atoms with Gasteiger partial charge in [-0.15, -0.1) is 11.3 Å². The molecule has 6 heteroatoms. The van der Waals surface area contributed by atoms with Gasteiger partial charge in [0.05, 0.1) is 15.2 Å². The summed E-state index contributed by atoms with van der Waals surface area (Å²) < 4.78 is 1.18. The molecule has 2 aromatic rings. The van der Waals surface area contributed by atoms with E-state index in [0.717, 1.165) is 36.2 Å². The molecule has 3 rings (SSSR count).